The molecule has 0 N–H and O–H groups in total. The van der Waals surface area contributed by atoms with E-state index in [0.717, 1.165) is 12.2 Å². The zero-order chi connectivity index (χ0) is 19.6. The van der Waals surface area contributed by atoms with Crippen molar-refractivity contribution in [3.8, 4) is 0 Å². The summed E-state index contributed by atoms with van der Waals surface area (Å²) in [5.41, 5.74) is 0.861. The van der Waals surface area contributed by atoms with Gasteiger partial charge >= 0.3 is 0 Å². The van der Waals surface area contributed by atoms with Crippen LogP contribution in [-0.4, -0.2) is 86.4 Å². The van der Waals surface area contributed by atoms with Crippen LogP contribution in [0.5, 0.6) is 0 Å². The van der Waals surface area contributed by atoms with Crippen LogP contribution in [0.3, 0.4) is 0 Å². The molecule has 0 saturated carbocycles. The van der Waals surface area contributed by atoms with Gasteiger partial charge in [0.2, 0.25) is 11.8 Å². The largest absolute Gasteiger partial charge is 0.368 e. The zero-order valence-corrected chi connectivity index (χ0v) is 16.6. The average molecular weight is 397 g/mol. The lowest BCUT2D eigenvalue weighted by atomic mass is 10.1. The van der Waals surface area contributed by atoms with Gasteiger partial charge in [0.15, 0.2) is 0 Å². The molecule has 2 fully saturated rings. The highest BCUT2D eigenvalue weighted by atomic mass is 35.5. The Balaban J connectivity index is 1.52. The monoisotopic (exact) mass is 396 g/mol. The van der Waals surface area contributed by atoms with Gasteiger partial charge < -0.3 is 19.6 Å². The Bertz CT molecular complexity index is 707. The number of likely N-dealkylation sites (N-methyl/N-ethyl adjacent to an activating group) is 1. The number of nitrogens with zero attached hydrogens (tertiary/aromatic N) is 4. The summed E-state index contributed by atoms with van der Waals surface area (Å²) in [7, 11) is 3.94. The number of anilines is 1. The summed E-state index contributed by atoms with van der Waals surface area (Å²) in [6.07, 6.45) is 0.306. The number of halogens is 2. The van der Waals surface area contributed by atoms with Gasteiger partial charge in [-0.15, -0.1) is 0 Å². The van der Waals surface area contributed by atoms with Crippen molar-refractivity contribution in [2.45, 2.75) is 6.42 Å². The summed E-state index contributed by atoms with van der Waals surface area (Å²) in [5.74, 6) is -0.548. The van der Waals surface area contributed by atoms with Gasteiger partial charge in [0.1, 0.15) is 5.82 Å². The Hall–Kier alpha value is -1.86. The van der Waals surface area contributed by atoms with Crippen LogP contribution in [0.1, 0.15) is 6.42 Å². The quantitative estimate of drug-likeness (QED) is 0.757. The van der Waals surface area contributed by atoms with E-state index in [2.05, 4.69) is 4.90 Å². The third-order valence-corrected chi connectivity index (χ3v) is 5.53. The van der Waals surface area contributed by atoms with Gasteiger partial charge in [-0.2, -0.15) is 0 Å². The number of benzene rings is 1. The third-order valence-electron chi connectivity index (χ3n) is 5.24. The molecule has 2 saturated heterocycles. The number of piperazine rings is 1. The molecular weight excluding hydrogens is 371 g/mol. The molecule has 2 amide bonds. The van der Waals surface area contributed by atoms with E-state index >= 15 is 0 Å². The van der Waals surface area contributed by atoms with Crippen LogP contribution in [0.15, 0.2) is 18.2 Å². The molecule has 8 heteroatoms. The third kappa shape index (κ3) is 4.71. The van der Waals surface area contributed by atoms with E-state index in [1.165, 1.54) is 6.07 Å². The summed E-state index contributed by atoms with van der Waals surface area (Å²) in [6.45, 7) is 4.49. The van der Waals surface area contributed by atoms with E-state index in [0.29, 0.717) is 45.7 Å². The fourth-order valence-corrected chi connectivity index (χ4v) is 3.77. The lowest BCUT2D eigenvalue weighted by Crippen LogP contribution is -2.50. The highest BCUT2D eigenvalue weighted by Gasteiger charge is 2.37. The second-order valence-electron chi connectivity index (χ2n) is 7.45. The molecule has 2 aliphatic rings. The minimum absolute atomic E-state index is 0.0625. The lowest BCUT2D eigenvalue weighted by Gasteiger charge is -2.37. The van der Waals surface area contributed by atoms with Crippen LogP contribution < -0.4 is 4.90 Å². The number of carbonyl (C=O) groups is 2. The van der Waals surface area contributed by atoms with Gasteiger partial charge in [0.25, 0.3) is 0 Å². The molecule has 0 aliphatic carbocycles. The van der Waals surface area contributed by atoms with Gasteiger partial charge in [-0.3, -0.25) is 9.59 Å². The molecule has 2 heterocycles. The summed E-state index contributed by atoms with van der Waals surface area (Å²) in [6, 6.07) is 4.69. The molecule has 1 aromatic rings. The first-order chi connectivity index (χ1) is 12.8. The van der Waals surface area contributed by atoms with Gasteiger partial charge in [0.05, 0.1) is 10.9 Å². The number of likely N-dealkylation sites (tertiary alicyclic amines) is 1. The summed E-state index contributed by atoms with van der Waals surface area (Å²) in [4.78, 5) is 32.7. The Labute approximate surface area is 164 Å². The summed E-state index contributed by atoms with van der Waals surface area (Å²) in [5, 5.41) is 0.105. The van der Waals surface area contributed by atoms with E-state index < -0.39 is 5.82 Å². The molecule has 0 radical (unpaired) electrons. The van der Waals surface area contributed by atoms with E-state index in [4.69, 9.17) is 11.6 Å². The standard InChI is InChI=1S/C19H26ClFN4O2/c1-22(2)5-6-25-13-14(11-18(25)26)19(27)24-9-7-23(8-10-24)15-3-4-17(21)16(20)12-15/h3-4,12,14H,5-11,13H2,1-2H3/t14-/m0/s1. The molecule has 2 aliphatic heterocycles. The molecule has 0 unspecified atom stereocenters. The number of carbonyl (C=O) groups excluding carboxylic acids is 2. The van der Waals surface area contributed by atoms with Crippen LogP contribution >= 0.6 is 11.6 Å². The van der Waals surface area contributed by atoms with Gasteiger partial charge in [-0.1, -0.05) is 11.6 Å². The molecule has 6 nitrogen and oxygen atoms in total. The lowest BCUT2D eigenvalue weighted by molar-refractivity contribution is -0.136. The Morgan fingerprint density at radius 3 is 2.59 bits per heavy atom. The van der Waals surface area contributed by atoms with Crippen LogP contribution in [0.4, 0.5) is 10.1 Å². The first-order valence-corrected chi connectivity index (χ1v) is 9.64. The zero-order valence-electron chi connectivity index (χ0n) is 15.8. The molecule has 0 aromatic heterocycles. The van der Waals surface area contributed by atoms with Crippen LogP contribution in [0, 0.1) is 11.7 Å². The Morgan fingerprint density at radius 2 is 1.96 bits per heavy atom. The molecule has 0 bridgehead atoms. The van der Waals surface area contributed by atoms with Crippen LogP contribution in [0.25, 0.3) is 0 Å². The van der Waals surface area contributed by atoms with Crippen molar-refractivity contribution < 1.29 is 14.0 Å². The maximum absolute atomic E-state index is 13.3. The molecule has 148 valence electrons. The fourth-order valence-electron chi connectivity index (χ4n) is 3.60. The van der Waals surface area contributed by atoms with Crippen LogP contribution in [-0.2, 0) is 9.59 Å². The topological polar surface area (TPSA) is 47.1 Å². The van der Waals surface area contributed by atoms with Crippen molar-refractivity contribution in [2.24, 2.45) is 5.92 Å². The Kier molecular flexibility index (Phi) is 6.22. The van der Waals surface area contributed by atoms with Crippen molar-refractivity contribution in [1.82, 2.24) is 14.7 Å². The first kappa shape index (κ1) is 19.9. The van der Waals surface area contributed by atoms with Crippen molar-refractivity contribution in [1.29, 1.82) is 0 Å². The molecule has 3 rings (SSSR count). The molecular formula is C19H26ClFN4O2. The number of hydrogen-bond donors (Lipinski definition) is 0. The van der Waals surface area contributed by atoms with Crippen molar-refractivity contribution in [3.05, 3.63) is 29.0 Å². The second-order valence-corrected chi connectivity index (χ2v) is 7.86. The highest BCUT2D eigenvalue weighted by Crippen LogP contribution is 2.25. The SMILES string of the molecule is CN(C)CCN1C[C@@H](C(=O)N2CCN(c3ccc(F)c(Cl)c3)CC2)CC1=O. The molecule has 0 spiro atoms. The fraction of sp³-hybridized carbons (Fsp3) is 0.579. The average Bonchev–Trinajstić information content (AvgIpc) is 3.02. The summed E-state index contributed by atoms with van der Waals surface area (Å²) < 4.78 is 13.3. The van der Waals surface area contributed by atoms with Gasteiger partial charge in [0, 0.05) is 57.9 Å². The van der Waals surface area contributed by atoms with Crippen molar-refractivity contribution >= 4 is 29.1 Å². The maximum Gasteiger partial charge on any atom is 0.228 e. The smallest absolute Gasteiger partial charge is 0.228 e. The van der Waals surface area contributed by atoms with Gasteiger partial charge in [-0.25, -0.2) is 4.39 Å². The van der Waals surface area contributed by atoms with Gasteiger partial charge in [-0.05, 0) is 32.3 Å². The summed E-state index contributed by atoms with van der Waals surface area (Å²) >= 11 is 5.86. The van der Waals surface area contributed by atoms with Crippen molar-refractivity contribution in [3.63, 3.8) is 0 Å². The molecule has 27 heavy (non-hydrogen) atoms. The Morgan fingerprint density at radius 1 is 1.26 bits per heavy atom. The van der Waals surface area contributed by atoms with E-state index in [1.54, 1.807) is 17.0 Å². The molecule has 1 aromatic carbocycles. The number of hydrogen-bond acceptors (Lipinski definition) is 4. The predicted octanol–water partition coefficient (Wildman–Crippen LogP) is 1.54. The minimum Gasteiger partial charge on any atom is -0.368 e. The minimum atomic E-state index is -0.432. The first-order valence-electron chi connectivity index (χ1n) is 9.26. The maximum atomic E-state index is 13.3. The predicted molar refractivity (Wildman–Crippen MR) is 103 cm³/mol. The second kappa shape index (κ2) is 8.44. The van der Waals surface area contributed by atoms with E-state index in [1.807, 2.05) is 23.9 Å². The van der Waals surface area contributed by atoms with E-state index in [9.17, 15) is 14.0 Å². The number of rotatable bonds is 5. The van der Waals surface area contributed by atoms with E-state index in [-0.39, 0.29) is 22.8 Å². The number of amides is 2. The molecule has 1 atom stereocenters. The normalized spacial score (nSPS) is 20.7. The highest BCUT2D eigenvalue weighted by molar-refractivity contribution is 6.31. The van der Waals surface area contributed by atoms with Crippen molar-refractivity contribution in [2.75, 3.05) is 64.8 Å². The van der Waals surface area contributed by atoms with Crippen LogP contribution in [0.2, 0.25) is 5.02 Å².